The summed E-state index contributed by atoms with van der Waals surface area (Å²) in [5.41, 5.74) is 0.464. The second-order valence-electron chi connectivity index (χ2n) is 4.93. The van der Waals surface area contributed by atoms with Crippen LogP contribution >= 0.6 is 0 Å². The Bertz CT molecular complexity index is 769. The third-order valence-electron chi connectivity index (χ3n) is 3.87. The van der Waals surface area contributed by atoms with Crippen LogP contribution in [0.3, 0.4) is 0 Å². The van der Waals surface area contributed by atoms with Gasteiger partial charge in [0.05, 0.1) is 6.20 Å². The molecule has 3 heterocycles. The lowest BCUT2D eigenvalue weighted by Gasteiger charge is -2.30. The fraction of sp³-hybridized carbons (Fsp3) is 0.154. The van der Waals surface area contributed by atoms with E-state index in [2.05, 4.69) is 20.8 Å². The fourth-order valence-electron chi connectivity index (χ4n) is 3.01. The van der Waals surface area contributed by atoms with Gasteiger partial charge in [-0.05, 0) is 17.7 Å². The molecule has 20 heavy (non-hydrogen) atoms. The molecule has 6 nitrogen and oxygen atoms in total. The molecular weight excluding hydrogens is 263 g/mol. The molecule has 0 saturated heterocycles. The predicted molar refractivity (Wildman–Crippen MR) is 67.6 cm³/mol. The Morgan fingerprint density at radius 2 is 2.05 bits per heavy atom. The number of rotatable bonds is 0. The van der Waals surface area contributed by atoms with Crippen LogP contribution in [0.25, 0.3) is 0 Å². The van der Waals surface area contributed by atoms with E-state index in [1.165, 1.54) is 24.4 Å². The number of fused-ring (bicyclic) bond motifs is 4. The van der Waals surface area contributed by atoms with E-state index >= 15 is 0 Å². The summed E-state index contributed by atoms with van der Waals surface area (Å²) in [4.78, 5) is 24.4. The van der Waals surface area contributed by atoms with E-state index in [4.69, 9.17) is 0 Å². The molecule has 1 spiro atoms. The molecule has 4 rings (SSSR count). The van der Waals surface area contributed by atoms with Gasteiger partial charge in [0.1, 0.15) is 17.1 Å². The Morgan fingerprint density at radius 1 is 1.20 bits per heavy atom. The normalized spacial score (nSPS) is 23.2. The zero-order valence-electron chi connectivity index (χ0n) is 10.2. The lowest BCUT2D eigenvalue weighted by Crippen LogP contribution is -2.43. The lowest BCUT2D eigenvalue weighted by atomic mass is 9.72. The van der Waals surface area contributed by atoms with E-state index < -0.39 is 11.2 Å². The van der Waals surface area contributed by atoms with Gasteiger partial charge in [-0.1, -0.05) is 6.07 Å². The van der Waals surface area contributed by atoms with Crippen molar-refractivity contribution >= 4 is 23.3 Å². The van der Waals surface area contributed by atoms with Crippen LogP contribution in [-0.2, 0) is 15.0 Å². The molecule has 3 N–H and O–H groups in total. The van der Waals surface area contributed by atoms with Crippen LogP contribution < -0.4 is 10.6 Å². The van der Waals surface area contributed by atoms with E-state index in [-0.39, 0.29) is 18.2 Å². The Morgan fingerprint density at radius 3 is 2.90 bits per heavy atom. The highest BCUT2D eigenvalue weighted by Crippen LogP contribution is 2.49. The second-order valence-corrected chi connectivity index (χ2v) is 4.93. The molecule has 2 aliphatic heterocycles. The van der Waals surface area contributed by atoms with Crippen LogP contribution in [0.5, 0.6) is 0 Å². The molecule has 1 atom stereocenters. The number of hydrogen-bond acceptors (Lipinski definition) is 3. The average molecular weight is 272 g/mol. The van der Waals surface area contributed by atoms with E-state index in [1.54, 1.807) is 0 Å². The predicted octanol–water partition coefficient (Wildman–Crippen LogP) is 1.13. The van der Waals surface area contributed by atoms with Crippen molar-refractivity contribution in [1.29, 1.82) is 0 Å². The number of hydrogen-bond donors (Lipinski definition) is 3. The number of anilines is 2. The number of carbonyl (C=O) groups excluding carboxylic acids is 2. The maximum absolute atomic E-state index is 13.3. The number of aromatic amines is 1. The minimum Gasteiger partial charge on any atom is -0.325 e. The number of halogens is 1. The molecule has 0 saturated carbocycles. The third-order valence-corrected chi connectivity index (χ3v) is 3.87. The molecule has 0 bridgehead atoms. The van der Waals surface area contributed by atoms with E-state index in [0.717, 1.165) is 0 Å². The summed E-state index contributed by atoms with van der Waals surface area (Å²) in [5.74, 6) is -0.646. The number of amides is 2. The summed E-state index contributed by atoms with van der Waals surface area (Å²) < 4.78 is 13.3. The first-order chi connectivity index (χ1) is 9.61. The Hall–Kier alpha value is -2.70. The standard InChI is InChI=1S/C13H9FN4O2/c14-6-1-2-7-9(3-6)16-12(20)13(7)4-10(19)17-11-8(13)5-15-18-11/h1-3,5H,4H2,(H,16,20)(H2,15,17,18,19)/t13-/m1/s1. The molecule has 1 aromatic heterocycles. The number of carbonyl (C=O) groups is 2. The molecule has 0 radical (unpaired) electrons. The van der Waals surface area contributed by atoms with Gasteiger partial charge >= 0.3 is 0 Å². The van der Waals surface area contributed by atoms with Crippen LogP contribution in [0.15, 0.2) is 24.4 Å². The van der Waals surface area contributed by atoms with Gasteiger partial charge in [-0.3, -0.25) is 14.7 Å². The Kier molecular flexibility index (Phi) is 1.92. The van der Waals surface area contributed by atoms with Gasteiger partial charge in [-0.2, -0.15) is 5.10 Å². The van der Waals surface area contributed by atoms with Gasteiger partial charge in [0.15, 0.2) is 0 Å². The number of nitrogens with one attached hydrogen (secondary N) is 3. The molecular formula is C13H9FN4O2. The summed E-state index contributed by atoms with van der Waals surface area (Å²) in [5, 5.41) is 11.8. The Balaban J connectivity index is 2.03. The molecule has 0 aliphatic carbocycles. The largest absolute Gasteiger partial charge is 0.325 e. The zero-order chi connectivity index (χ0) is 13.9. The van der Waals surface area contributed by atoms with Crippen LogP contribution in [0, 0.1) is 5.82 Å². The summed E-state index contributed by atoms with van der Waals surface area (Å²) in [6.07, 6.45) is 1.50. The fourth-order valence-corrected chi connectivity index (χ4v) is 3.01. The molecule has 2 aromatic rings. The summed E-state index contributed by atoms with van der Waals surface area (Å²) in [6, 6.07) is 4.08. The van der Waals surface area contributed by atoms with Crippen molar-refractivity contribution in [2.24, 2.45) is 0 Å². The quantitative estimate of drug-likeness (QED) is 0.672. The summed E-state index contributed by atoms with van der Waals surface area (Å²) in [7, 11) is 0. The van der Waals surface area contributed by atoms with Gasteiger partial charge < -0.3 is 10.6 Å². The third kappa shape index (κ3) is 1.19. The SMILES string of the molecule is O=C1C[C@]2(C(=O)Nc3cc(F)ccc32)c2cn[nH]c2N1. The van der Waals surface area contributed by atoms with Gasteiger partial charge in [0, 0.05) is 17.7 Å². The smallest absolute Gasteiger partial charge is 0.240 e. The number of nitrogens with zero attached hydrogens (tertiary/aromatic N) is 1. The lowest BCUT2D eigenvalue weighted by molar-refractivity contribution is -0.125. The average Bonchev–Trinajstić information content (AvgIpc) is 2.94. The van der Waals surface area contributed by atoms with Crippen LogP contribution in [0.1, 0.15) is 17.5 Å². The van der Waals surface area contributed by atoms with Crippen LogP contribution in [0.2, 0.25) is 0 Å². The van der Waals surface area contributed by atoms with E-state index in [1.807, 2.05) is 0 Å². The van der Waals surface area contributed by atoms with Crippen LogP contribution in [-0.4, -0.2) is 22.0 Å². The summed E-state index contributed by atoms with van der Waals surface area (Å²) >= 11 is 0. The van der Waals surface area contributed by atoms with E-state index in [9.17, 15) is 14.0 Å². The first kappa shape index (κ1) is 11.2. The number of H-pyrrole nitrogens is 1. The highest BCUT2D eigenvalue weighted by Gasteiger charge is 2.53. The van der Waals surface area contributed by atoms with Crippen molar-refractivity contribution < 1.29 is 14.0 Å². The van der Waals surface area contributed by atoms with Gasteiger partial charge in [-0.25, -0.2) is 4.39 Å². The van der Waals surface area contributed by atoms with Gasteiger partial charge in [0.25, 0.3) is 0 Å². The molecule has 2 amide bonds. The molecule has 0 fully saturated rings. The molecule has 1 aromatic carbocycles. The zero-order valence-corrected chi connectivity index (χ0v) is 10.2. The van der Waals surface area contributed by atoms with E-state index in [0.29, 0.717) is 22.6 Å². The maximum Gasteiger partial charge on any atom is 0.240 e. The van der Waals surface area contributed by atoms with Crippen molar-refractivity contribution in [3.8, 4) is 0 Å². The minimum absolute atomic E-state index is 0.0238. The van der Waals surface area contributed by atoms with Crippen molar-refractivity contribution in [2.75, 3.05) is 10.6 Å². The van der Waals surface area contributed by atoms with Gasteiger partial charge in [-0.15, -0.1) is 0 Å². The monoisotopic (exact) mass is 272 g/mol. The molecule has 7 heteroatoms. The highest BCUT2D eigenvalue weighted by atomic mass is 19.1. The number of aromatic nitrogens is 2. The van der Waals surface area contributed by atoms with Crippen molar-refractivity contribution in [3.63, 3.8) is 0 Å². The second kappa shape index (κ2) is 3.44. The molecule has 100 valence electrons. The first-order valence-corrected chi connectivity index (χ1v) is 6.06. The molecule has 2 aliphatic rings. The highest BCUT2D eigenvalue weighted by molar-refractivity contribution is 6.14. The van der Waals surface area contributed by atoms with Crippen molar-refractivity contribution in [2.45, 2.75) is 11.8 Å². The minimum atomic E-state index is -1.13. The summed E-state index contributed by atoms with van der Waals surface area (Å²) in [6.45, 7) is 0. The first-order valence-electron chi connectivity index (χ1n) is 6.06. The molecule has 0 unspecified atom stereocenters. The maximum atomic E-state index is 13.3. The topological polar surface area (TPSA) is 86.9 Å². The van der Waals surface area contributed by atoms with Crippen molar-refractivity contribution in [3.05, 3.63) is 41.3 Å². The Labute approximate surface area is 112 Å². The van der Waals surface area contributed by atoms with Crippen LogP contribution in [0.4, 0.5) is 15.9 Å². The number of benzene rings is 1. The van der Waals surface area contributed by atoms with Crippen molar-refractivity contribution in [1.82, 2.24) is 10.2 Å². The van der Waals surface area contributed by atoms with Gasteiger partial charge in [0.2, 0.25) is 11.8 Å².